The molecular formula is C8H5BrF5NO. The van der Waals surface area contributed by atoms with E-state index in [2.05, 4.69) is 15.9 Å². The summed E-state index contributed by atoms with van der Waals surface area (Å²) in [5, 5.41) is 0. The lowest BCUT2D eigenvalue weighted by atomic mass is 10.3. The van der Waals surface area contributed by atoms with Crippen LogP contribution in [0.1, 0.15) is 5.56 Å². The predicted octanol–water partition coefficient (Wildman–Crippen LogP) is 2.89. The summed E-state index contributed by atoms with van der Waals surface area (Å²) in [5.74, 6) is 0. The third-order valence-electron chi connectivity index (χ3n) is 1.70. The number of pyridine rings is 1. The number of hydrogen-bond acceptors (Lipinski definition) is 1. The zero-order valence-corrected chi connectivity index (χ0v) is 9.15. The van der Waals surface area contributed by atoms with Gasteiger partial charge in [-0.25, -0.2) is 8.78 Å². The van der Waals surface area contributed by atoms with Gasteiger partial charge in [0, 0.05) is 6.20 Å². The van der Waals surface area contributed by atoms with Gasteiger partial charge in [0.1, 0.15) is 0 Å². The summed E-state index contributed by atoms with van der Waals surface area (Å²) in [6.07, 6.45) is -7.20. The Morgan fingerprint density at radius 1 is 1.38 bits per heavy atom. The fourth-order valence-electron chi connectivity index (χ4n) is 1.04. The van der Waals surface area contributed by atoms with E-state index in [4.69, 9.17) is 0 Å². The summed E-state index contributed by atoms with van der Waals surface area (Å²) in [7, 11) is 0. The lowest BCUT2D eigenvalue weighted by molar-refractivity contribution is -0.138. The first kappa shape index (κ1) is 13.1. The maximum absolute atomic E-state index is 12.3. The number of hydrogen-bond donors (Lipinski definition) is 0. The fourth-order valence-corrected chi connectivity index (χ4v) is 1.51. The Bertz CT molecular complexity index is 439. The Morgan fingerprint density at radius 2 is 1.94 bits per heavy atom. The van der Waals surface area contributed by atoms with Crippen molar-refractivity contribution in [2.24, 2.45) is 0 Å². The van der Waals surface area contributed by atoms with E-state index in [0.29, 0.717) is 16.8 Å². The molecule has 0 fully saturated rings. The molecule has 1 rings (SSSR count). The molecule has 90 valence electrons. The first-order valence-corrected chi connectivity index (χ1v) is 4.76. The topological polar surface area (TPSA) is 22.0 Å². The van der Waals surface area contributed by atoms with Crippen LogP contribution in [-0.4, -0.2) is 11.0 Å². The second-order valence-corrected chi connectivity index (χ2v) is 3.78. The highest BCUT2D eigenvalue weighted by atomic mass is 79.9. The van der Waals surface area contributed by atoms with E-state index in [-0.39, 0.29) is 0 Å². The van der Waals surface area contributed by atoms with E-state index >= 15 is 0 Å². The zero-order valence-electron chi connectivity index (χ0n) is 7.56. The van der Waals surface area contributed by atoms with Crippen LogP contribution in [0.4, 0.5) is 22.0 Å². The van der Waals surface area contributed by atoms with Crippen molar-refractivity contribution in [3.8, 4) is 0 Å². The van der Waals surface area contributed by atoms with Crippen molar-refractivity contribution in [3.63, 3.8) is 0 Å². The van der Waals surface area contributed by atoms with E-state index in [1.165, 1.54) is 0 Å². The lowest BCUT2D eigenvalue weighted by Crippen LogP contribution is -2.25. The van der Waals surface area contributed by atoms with Crippen LogP contribution >= 0.6 is 15.9 Å². The van der Waals surface area contributed by atoms with Crippen LogP contribution in [0.5, 0.6) is 0 Å². The van der Waals surface area contributed by atoms with E-state index < -0.39 is 34.7 Å². The minimum Gasteiger partial charge on any atom is -0.308 e. The molecule has 1 aromatic rings. The van der Waals surface area contributed by atoms with Crippen LogP contribution in [0.25, 0.3) is 0 Å². The number of rotatable bonds is 2. The number of nitrogens with zero attached hydrogens (tertiary/aromatic N) is 1. The van der Waals surface area contributed by atoms with Gasteiger partial charge in [-0.05, 0) is 22.0 Å². The molecular weight excluding hydrogens is 301 g/mol. The average Bonchev–Trinajstić information content (AvgIpc) is 2.10. The Morgan fingerprint density at radius 3 is 2.38 bits per heavy atom. The lowest BCUT2D eigenvalue weighted by Gasteiger charge is -2.11. The van der Waals surface area contributed by atoms with Gasteiger partial charge in [-0.3, -0.25) is 4.79 Å². The van der Waals surface area contributed by atoms with Crippen LogP contribution in [0.15, 0.2) is 21.5 Å². The highest BCUT2D eigenvalue weighted by molar-refractivity contribution is 9.10. The van der Waals surface area contributed by atoms with Gasteiger partial charge in [0.15, 0.2) is 0 Å². The maximum Gasteiger partial charge on any atom is 0.417 e. The molecule has 0 aliphatic rings. The standard InChI is InChI=1S/C8H5BrF5NO/c9-5-1-4(8(12,13)14)2-15(7(5)16)3-6(10)11/h1-2,6H,3H2. The summed E-state index contributed by atoms with van der Waals surface area (Å²) in [6.45, 7) is -1.07. The summed E-state index contributed by atoms with van der Waals surface area (Å²) >= 11 is 2.60. The first-order chi connectivity index (χ1) is 7.21. The number of halogens is 6. The van der Waals surface area contributed by atoms with Gasteiger partial charge >= 0.3 is 6.18 Å². The Hall–Kier alpha value is -0.920. The largest absolute Gasteiger partial charge is 0.417 e. The molecule has 0 amide bonds. The normalized spacial score (nSPS) is 12.2. The third kappa shape index (κ3) is 3.03. The molecule has 0 aliphatic heterocycles. The van der Waals surface area contributed by atoms with Crippen molar-refractivity contribution in [2.75, 3.05) is 0 Å². The molecule has 0 aliphatic carbocycles. The van der Waals surface area contributed by atoms with Gasteiger partial charge in [-0.15, -0.1) is 0 Å². The summed E-state index contributed by atoms with van der Waals surface area (Å²) in [4.78, 5) is 11.2. The molecule has 0 N–H and O–H groups in total. The van der Waals surface area contributed by atoms with Crippen LogP contribution in [-0.2, 0) is 12.7 Å². The van der Waals surface area contributed by atoms with Crippen molar-refractivity contribution in [1.82, 2.24) is 4.57 Å². The van der Waals surface area contributed by atoms with Gasteiger partial charge in [0.2, 0.25) is 0 Å². The predicted molar refractivity (Wildman–Crippen MR) is 49.4 cm³/mol. The SMILES string of the molecule is O=c1c(Br)cc(C(F)(F)F)cn1CC(F)F. The Labute approximate surface area is 94.8 Å². The van der Waals surface area contributed by atoms with Crippen LogP contribution < -0.4 is 5.56 Å². The highest BCUT2D eigenvalue weighted by Crippen LogP contribution is 2.29. The molecule has 16 heavy (non-hydrogen) atoms. The molecule has 0 saturated carbocycles. The fraction of sp³-hybridized carbons (Fsp3) is 0.375. The first-order valence-electron chi connectivity index (χ1n) is 3.97. The monoisotopic (exact) mass is 305 g/mol. The van der Waals surface area contributed by atoms with Crippen LogP contribution in [0, 0.1) is 0 Å². The molecule has 1 aromatic heterocycles. The molecule has 0 unspecified atom stereocenters. The molecule has 0 radical (unpaired) electrons. The van der Waals surface area contributed by atoms with Gasteiger partial charge in [0.25, 0.3) is 12.0 Å². The summed E-state index contributed by atoms with van der Waals surface area (Å²) < 4.78 is 60.8. The maximum atomic E-state index is 12.3. The van der Waals surface area contributed by atoms with Gasteiger partial charge in [0.05, 0.1) is 16.6 Å². The number of alkyl halides is 5. The zero-order chi connectivity index (χ0) is 12.5. The molecule has 0 bridgehead atoms. The molecule has 0 atom stereocenters. The average molecular weight is 306 g/mol. The molecule has 0 saturated heterocycles. The second-order valence-electron chi connectivity index (χ2n) is 2.92. The minimum absolute atomic E-state index is 0.331. The van der Waals surface area contributed by atoms with Crippen molar-refractivity contribution in [1.29, 1.82) is 0 Å². The molecule has 1 heterocycles. The molecule has 0 aromatic carbocycles. The second kappa shape index (κ2) is 4.52. The van der Waals surface area contributed by atoms with E-state index in [1.54, 1.807) is 0 Å². The molecule has 0 spiro atoms. The number of aromatic nitrogens is 1. The van der Waals surface area contributed by atoms with E-state index in [9.17, 15) is 26.7 Å². The van der Waals surface area contributed by atoms with Gasteiger partial charge in [-0.1, -0.05) is 0 Å². The highest BCUT2D eigenvalue weighted by Gasteiger charge is 2.32. The van der Waals surface area contributed by atoms with E-state index in [0.717, 1.165) is 0 Å². The van der Waals surface area contributed by atoms with Crippen LogP contribution in [0.2, 0.25) is 0 Å². The third-order valence-corrected chi connectivity index (χ3v) is 2.27. The molecule has 2 nitrogen and oxygen atoms in total. The Kier molecular flexibility index (Phi) is 3.72. The smallest absolute Gasteiger partial charge is 0.308 e. The summed E-state index contributed by atoms with van der Waals surface area (Å²) in [6, 6.07) is 0.560. The van der Waals surface area contributed by atoms with Crippen LogP contribution in [0.3, 0.4) is 0 Å². The van der Waals surface area contributed by atoms with Gasteiger partial charge < -0.3 is 4.57 Å². The van der Waals surface area contributed by atoms with Crippen molar-refractivity contribution in [3.05, 3.63) is 32.7 Å². The Balaban J connectivity index is 3.28. The summed E-state index contributed by atoms with van der Waals surface area (Å²) in [5.41, 5.74) is -2.08. The quantitative estimate of drug-likeness (QED) is 0.770. The van der Waals surface area contributed by atoms with Gasteiger partial charge in [-0.2, -0.15) is 13.2 Å². The minimum atomic E-state index is -4.68. The van der Waals surface area contributed by atoms with Crippen molar-refractivity contribution < 1.29 is 22.0 Å². The van der Waals surface area contributed by atoms with Crippen molar-refractivity contribution in [2.45, 2.75) is 19.1 Å². The van der Waals surface area contributed by atoms with E-state index in [1.807, 2.05) is 0 Å². The molecule has 8 heteroatoms. The van der Waals surface area contributed by atoms with Crippen molar-refractivity contribution >= 4 is 15.9 Å².